The minimum atomic E-state index is 0.326. The molecule has 17 heavy (non-hydrogen) atoms. The lowest BCUT2D eigenvalue weighted by Gasteiger charge is -2.14. The second-order valence-corrected chi connectivity index (χ2v) is 5.42. The van der Waals surface area contributed by atoms with E-state index in [-0.39, 0.29) is 0 Å². The molecule has 0 amide bonds. The average Bonchev–Trinajstić information content (AvgIpc) is 2.79. The Labute approximate surface area is 107 Å². The molecule has 0 aliphatic heterocycles. The average molecular weight is 254 g/mol. The third kappa shape index (κ3) is 5.94. The number of hydrogen-bond donors (Lipinski definition) is 1. The van der Waals surface area contributed by atoms with Gasteiger partial charge in [-0.25, -0.2) is 0 Å². The molecule has 1 aromatic rings. The predicted octanol–water partition coefficient (Wildman–Crippen LogP) is 2.80. The summed E-state index contributed by atoms with van der Waals surface area (Å²) in [5.41, 5.74) is 7.36. The van der Waals surface area contributed by atoms with Crippen LogP contribution in [0.2, 0.25) is 0 Å². The molecule has 0 aliphatic carbocycles. The maximum absolute atomic E-state index is 11.8. The molecule has 0 aromatic carbocycles. The maximum Gasteiger partial charge on any atom is 0.138 e. The quantitative estimate of drug-likeness (QED) is 0.737. The maximum atomic E-state index is 11.8. The van der Waals surface area contributed by atoms with Crippen LogP contribution in [0.25, 0.3) is 0 Å². The molecule has 0 fully saturated rings. The number of hydrogen-bond acceptors (Lipinski definition) is 4. The first-order valence-corrected chi connectivity index (χ1v) is 7.23. The minimum absolute atomic E-state index is 0.326. The van der Waals surface area contributed by atoms with E-state index in [1.165, 1.54) is 12.8 Å². The highest BCUT2D eigenvalue weighted by atomic mass is 32.1. The number of Topliss-reactive ketones (excluding diaryl/α,β-unsaturated/α-hetero) is 1. The van der Waals surface area contributed by atoms with Crippen LogP contribution in [0.4, 0.5) is 0 Å². The Morgan fingerprint density at radius 1 is 1.47 bits per heavy atom. The molecule has 1 aromatic heterocycles. The van der Waals surface area contributed by atoms with E-state index in [2.05, 4.69) is 11.9 Å². The summed E-state index contributed by atoms with van der Waals surface area (Å²) < 4.78 is 0. The monoisotopic (exact) mass is 254 g/mol. The summed E-state index contributed by atoms with van der Waals surface area (Å²) >= 11 is 1.55. The lowest BCUT2D eigenvalue weighted by Crippen LogP contribution is -2.11. The molecule has 0 saturated heterocycles. The Morgan fingerprint density at radius 3 is 2.88 bits per heavy atom. The fourth-order valence-corrected chi connectivity index (χ4v) is 2.68. The summed E-state index contributed by atoms with van der Waals surface area (Å²) in [6, 6.07) is 0. The van der Waals surface area contributed by atoms with Crippen molar-refractivity contribution in [2.45, 2.75) is 45.4 Å². The second-order valence-electron chi connectivity index (χ2n) is 4.45. The normalized spacial score (nSPS) is 12.6. The van der Waals surface area contributed by atoms with Crippen molar-refractivity contribution in [1.82, 2.24) is 4.98 Å². The third-order valence-electron chi connectivity index (χ3n) is 2.96. The van der Waals surface area contributed by atoms with Crippen LogP contribution in [0.15, 0.2) is 11.7 Å². The van der Waals surface area contributed by atoms with E-state index >= 15 is 0 Å². The minimum Gasteiger partial charge on any atom is -0.330 e. The van der Waals surface area contributed by atoms with Crippen LogP contribution in [-0.2, 0) is 11.2 Å². The smallest absolute Gasteiger partial charge is 0.138 e. The summed E-state index contributed by atoms with van der Waals surface area (Å²) in [5, 5.41) is 0. The highest BCUT2D eigenvalue weighted by Gasteiger charge is 2.11. The van der Waals surface area contributed by atoms with Gasteiger partial charge in [0.15, 0.2) is 0 Å². The zero-order valence-corrected chi connectivity index (χ0v) is 11.3. The van der Waals surface area contributed by atoms with Crippen LogP contribution in [0.5, 0.6) is 0 Å². The van der Waals surface area contributed by atoms with E-state index < -0.39 is 0 Å². The SMILES string of the molecule is CCCC(CCN)CCC(=O)Cc1cncs1. The van der Waals surface area contributed by atoms with E-state index in [1.54, 1.807) is 23.0 Å². The number of ketones is 1. The topological polar surface area (TPSA) is 56.0 Å². The lowest BCUT2D eigenvalue weighted by atomic mass is 9.93. The lowest BCUT2D eigenvalue weighted by molar-refractivity contribution is -0.118. The third-order valence-corrected chi connectivity index (χ3v) is 3.74. The van der Waals surface area contributed by atoms with E-state index in [0.717, 1.165) is 24.3 Å². The molecule has 0 saturated carbocycles. The van der Waals surface area contributed by atoms with Gasteiger partial charge in [0.1, 0.15) is 5.78 Å². The van der Waals surface area contributed by atoms with Crippen molar-refractivity contribution < 1.29 is 4.79 Å². The molecule has 0 aliphatic rings. The predicted molar refractivity (Wildman–Crippen MR) is 72.1 cm³/mol. The molecule has 4 heteroatoms. The molecular formula is C13H22N2OS. The molecule has 0 bridgehead atoms. The van der Waals surface area contributed by atoms with Gasteiger partial charge in [-0.2, -0.15) is 0 Å². The number of nitrogens with zero attached hydrogens (tertiary/aromatic N) is 1. The summed E-state index contributed by atoms with van der Waals surface area (Å²) in [7, 11) is 0. The standard InChI is InChI=1S/C13H22N2OS/c1-2-3-11(6-7-14)4-5-12(16)8-13-9-15-10-17-13/h9-11H,2-8,14H2,1H3. The highest BCUT2D eigenvalue weighted by Crippen LogP contribution is 2.18. The van der Waals surface area contributed by atoms with E-state index in [1.807, 2.05) is 0 Å². The van der Waals surface area contributed by atoms with E-state index in [4.69, 9.17) is 5.73 Å². The largest absolute Gasteiger partial charge is 0.330 e. The Morgan fingerprint density at radius 2 is 2.29 bits per heavy atom. The molecule has 1 unspecified atom stereocenters. The molecular weight excluding hydrogens is 232 g/mol. The summed E-state index contributed by atoms with van der Waals surface area (Å²) in [5.74, 6) is 0.947. The molecule has 1 atom stereocenters. The van der Waals surface area contributed by atoms with Gasteiger partial charge in [0.25, 0.3) is 0 Å². The Bertz CT molecular complexity index is 305. The van der Waals surface area contributed by atoms with Crippen LogP contribution in [0.3, 0.4) is 0 Å². The van der Waals surface area contributed by atoms with Crippen molar-refractivity contribution >= 4 is 17.1 Å². The Hall–Kier alpha value is -0.740. The van der Waals surface area contributed by atoms with Crippen molar-refractivity contribution in [2.24, 2.45) is 11.7 Å². The van der Waals surface area contributed by atoms with Gasteiger partial charge in [0.2, 0.25) is 0 Å². The van der Waals surface area contributed by atoms with E-state index in [9.17, 15) is 4.79 Å². The van der Waals surface area contributed by atoms with Gasteiger partial charge in [-0.1, -0.05) is 19.8 Å². The van der Waals surface area contributed by atoms with Crippen molar-refractivity contribution in [3.63, 3.8) is 0 Å². The number of carbonyl (C=O) groups is 1. The zero-order chi connectivity index (χ0) is 12.5. The van der Waals surface area contributed by atoms with Gasteiger partial charge in [0, 0.05) is 23.9 Å². The van der Waals surface area contributed by atoms with Crippen LogP contribution in [0.1, 0.15) is 43.9 Å². The van der Waals surface area contributed by atoms with Crippen LogP contribution >= 0.6 is 11.3 Å². The summed E-state index contributed by atoms with van der Waals surface area (Å²) in [6.07, 6.45) is 7.41. The number of nitrogens with two attached hydrogens (primary N) is 1. The van der Waals surface area contributed by atoms with Crippen LogP contribution in [0, 0.1) is 5.92 Å². The molecule has 0 spiro atoms. The van der Waals surface area contributed by atoms with Crippen LogP contribution in [-0.4, -0.2) is 17.3 Å². The summed E-state index contributed by atoms with van der Waals surface area (Å²) in [6.45, 7) is 2.91. The first-order valence-electron chi connectivity index (χ1n) is 6.35. The summed E-state index contributed by atoms with van der Waals surface area (Å²) in [4.78, 5) is 16.8. The van der Waals surface area contributed by atoms with Gasteiger partial charge < -0.3 is 5.73 Å². The Kier molecular flexibility index (Phi) is 7.05. The molecule has 3 nitrogen and oxygen atoms in total. The number of rotatable bonds is 9. The number of thiazole rings is 1. The van der Waals surface area contributed by atoms with Crippen molar-refractivity contribution in [3.05, 3.63) is 16.6 Å². The number of carbonyl (C=O) groups excluding carboxylic acids is 1. The van der Waals surface area contributed by atoms with Crippen molar-refractivity contribution in [2.75, 3.05) is 6.54 Å². The van der Waals surface area contributed by atoms with Gasteiger partial charge in [-0.15, -0.1) is 11.3 Å². The van der Waals surface area contributed by atoms with Crippen molar-refractivity contribution in [3.8, 4) is 0 Å². The van der Waals surface area contributed by atoms with E-state index in [0.29, 0.717) is 24.5 Å². The van der Waals surface area contributed by atoms with Gasteiger partial charge >= 0.3 is 0 Å². The van der Waals surface area contributed by atoms with Crippen LogP contribution < -0.4 is 5.73 Å². The molecule has 96 valence electrons. The first-order chi connectivity index (χ1) is 8.26. The molecule has 1 heterocycles. The fraction of sp³-hybridized carbons (Fsp3) is 0.692. The molecule has 0 radical (unpaired) electrons. The van der Waals surface area contributed by atoms with Gasteiger partial charge in [0.05, 0.1) is 5.51 Å². The first kappa shape index (κ1) is 14.3. The molecule has 1 rings (SSSR count). The van der Waals surface area contributed by atoms with Gasteiger partial charge in [-0.3, -0.25) is 9.78 Å². The number of aromatic nitrogens is 1. The fourth-order valence-electron chi connectivity index (χ4n) is 2.05. The van der Waals surface area contributed by atoms with Crippen molar-refractivity contribution in [1.29, 1.82) is 0 Å². The second kappa shape index (κ2) is 8.37. The molecule has 2 N–H and O–H groups in total. The zero-order valence-electron chi connectivity index (χ0n) is 10.5. The van der Waals surface area contributed by atoms with Gasteiger partial charge in [-0.05, 0) is 25.3 Å². The Balaban J connectivity index is 2.25. The highest BCUT2D eigenvalue weighted by molar-refractivity contribution is 7.09.